The van der Waals surface area contributed by atoms with Gasteiger partial charge in [0.25, 0.3) is 0 Å². The molecule has 0 aliphatic carbocycles. The summed E-state index contributed by atoms with van der Waals surface area (Å²) in [6.45, 7) is 19.8. The molecule has 0 aromatic rings. The number of hydrogen-bond donors (Lipinski definition) is 1. The van der Waals surface area contributed by atoms with Gasteiger partial charge in [-0.05, 0) is 22.7 Å². The summed E-state index contributed by atoms with van der Waals surface area (Å²) in [6, 6.07) is 0. The van der Waals surface area contributed by atoms with Crippen molar-refractivity contribution in [1.29, 1.82) is 0 Å². The maximum absolute atomic E-state index is 12.5. The number of nitrogens with one attached hydrogen (secondary N) is 1. The van der Waals surface area contributed by atoms with Gasteiger partial charge in [0.15, 0.2) is 0 Å². The van der Waals surface area contributed by atoms with Crippen LogP contribution in [0.15, 0.2) is 0 Å². The lowest BCUT2D eigenvalue weighted by molar-refractivity contribution is -0.146. The highest BCUT2D eigenvalue weighted by Crippen LogP contribution is 2.55. The molecule has 1 amide bonds. The zero-order valence-corrected chi connectivity index (χ0v) is 14.1. The second-order valence-corrected chi connectivity index (χ2v) is 8.52. The Labute approximate surface area is 114 Å². The van der Waals surface area contributed by atoms with Crippen LogP contribution in [0.25, 0.3) is 0 Å². The monoisotopic (exact) mass is 255 g/mol. The van der Waals surface area contributed by atoms with Crippen molar-refractivity contribution in [1.82, 2.24) is 5.32 Å². The third kappa shape index (κ3) is 3.27. The quantitative estimate of drug-likeness (QED) is 0.802. The number of carbonyl (C=O) groups is 1. The van der Waals surface area contributed by atoms with E-state index in [0.29, 0.717) is 0 Å². The fourth-order valence-corrected chi connectivity index (χ4v) is 2.75. The predicted octanol–water partition coefficient (Wildman–Crippen LogP) is 4.25. The molecule has 1 unspecified atom stereocenters. The molecule has 0 aromatic heterocycles. The number of rotatable bonds is 3. The third-order valence-corrected chi connectivity index (χ3v) is 4.87. The molecule has 0 aromatic carbocycles. The first-order valence-electron chi connectivity index (χ1n) is 6.91. The average Bonchev–Trinajstić information content (AvgIpc) is 2.11. The summed E-state index contributed by atoms with van der Waals surface area (Å²) in [6.07, 6.45) is 0.879. The van der Waals surface area contributed by atoms with Crippen LogP contribution in [0.1, 0.15) is 68.7 Å². The van der Waals surface area contributed by atoms with Crippen molar-refractivity contribution < 1.29 is 4.79 Å². The van der Waals surface area contributed by atoms with Gasteiger partial charge in [-0.15, -0.1) is 0 Å². The fraction of sp³-hybridized carbons (Fsp3) is 0.938. The second kappa shape index (κ2) is 4.86. The van der Waals surface area contributed by atoms with Gasteiger partial charge >= 0.3 is 0 Å². The van der Waals surface area contributed by atoms with Gasteiger partial charge in [0.2, 0.25) is 5.91 Å². The largest absolute Gasteiger partial charge is 0.359 e. The van der Waals surface area contributed by atoms with Crippen molar-refractivity contribution in [3.8, 4) is 0 Å². The molecule has 0 heterocycles. The van der Waals surface area contributed by atoms with Crippen LogP contribution in [0.3, 0.4) is 0 Å². The van der Waals surface area contributed by atoms with Crippen molar-refractivity contribution in [3.63, 3.8) is 0 Å². The van der Waals surface area contributed by atoms with Gasteiger partial charge in [-0.3, -0.25) is 4.79 Å². The van der Waals surface area contributed by atoms with E-state index in [1.807, 2.05) is 0 Å². The average molecular weight is 255 g/mol. The number of carbonyl (C=O) groups excluding carboxylic acids is 1. The molecule has 0 fully saturated rings. The van der Waals surface area contributed by atoms with Crippen LogP contribution in [-0.2, 0) is 4.79 Å². The normalized spacial score (nSPS) is 17.2. The molecule has 0 aliphatic heterocycles. The Hall–Kier alpha value is -0.530. The second-order valence-electron chi connectivity index (χ2n) is 8.52. The first kappa shape index (κ1) is 17.5. The first-order chi connectivity index (χ1) is 7.69. The van der Waals surface area contributed by atoms with Crippen LogP contribution >= 0.6 is 0 Å². The Morgan fingerprint density at radius 2 is 1.28 bits per heavy atom. The van der Waals surface area contributed by atoms with E-state index in [9.17, 15) is 4.79 Å². The van der Waals surface area contributed by atoms with Crippen molar-refractivity contribution in [3.05, 3.63) is 0 Å². The summed E-state index contributed by atoms with van der Waals surface area (Å²) in [5, 5.41) is 2.87. The van der Waals surface area contributed by atoms with Crippen molar-refractivity contribution >= 4 is 5.91 Å². The van der Waals surface area contributed by atoms with E-state index in [2.05, 4.69) is 67.6 Å². The van der Waals surface area contributed by atoms with Crippen LogP contribution in [-0.4, -0.2) is 13.0 Å². The SMILES string of the molecule is CNC(=O)C(C)(CC(C)(C)C)C(C)(C)C(C)(C)C. The number of amides is 1. The van der Waals surface area contributed by atoms with Gasteiger partial charge < -0.3 is 5.32 Å². The Balaban J connectivity index is 5.71. The molecule has 0 saturated carbocycles. The van der Waals surface area contributed by atoms with Crippen molar-refractivity contribution in [2.75, 3.05) is 7.05 Å². The zero-order chi connectivity index (χ0) is 15.0. The van der Waals surface area contributed by atoms with Gasteiger partial charge in [-0.2, -0.15) is 0 Å². The van der Waals surface area contributed by atoms with Crippen LogP contribution in [0.5, 0.6) is 0 Å². The van der Waals surface area contributed by atoms with E-state index in [0.717, 1.165) is 6.42 Å². The Bertz CT molecular complexity index is 304. The lowest BCUT2D eigenvalue weighted by Crippen LogP contribution is -2.54. The minimum Gasteiger partial charge on any atom is -0.359 e. The Kier molecular flexibility index (Phi) is 4.72. The molecular formula is C16H33NO. The van der Waals surface area contributed by atoms with E-state index in [1.165, 1.54) is 0 Å². The van der Waals surface area contributed by atoms with Gasteiger partial charge in [0.05, 0.1) is 5.41 Å². The molecule has 0 aliphatic rings. The lowest BCUT2D eigenvalue weighted by Gasteiger charge is -2.53. The van der Waals surface area contributed by atoms with Crippen molar-refractivity contribution in [2.24, 2.45) is 21.7 Å². The molecule has 0 radical (unpaired) electrons. The van der Waals surface area contributed by atoms with Gasteiger partial charge in [-0.25, -0.2) is 0 Å². The zero-order valence-electron chi connectivity index (χ0n) is 14.1. The highest BCUT2D eigenvalue weighted by atomic mass is 16.2. The van der Waals surface area contributed by atoms with E-state index < -0.39 is 0 Å². The summed E-state index contributed by atoms with van der Waals surface area (Å²) in [5.74, 6) is 0.150. The molecule has 18 heavy (non-hydrogen) atoms. The van der Waals surface area contributed by atoms with E-state index >= 15 is 0 Å². The molecule has 2 nitrogen and oxygen atoms in total. The smallest absolute Gasteiger partial charge is 0.226 e. The minimum atomic E-state index is -0.377. The molecular weight excluding hydrogens is 222 g/mol. The van der Waals surface area contributed by atoms with Crippen molar-refractivity contribution in [2.45, 2.75) is 68.7 Å². The van der Waals surface area contributed by atoms with Gasteiger partial charge in [0.1, 0.15) is 0 Å². The van der Waals surface area contributed by atoms with E-state index in [-0.39, 0.29) is 27.6 Å². The maximum atomic E-state index is 12.5. The van der Waals surface area contributed by atoms with Gasteiger partial charge in [0, 0.05) is 7.05 Å². The molecule has 1 atom stereocenters. The summed E-state index contributed by atoms with van der Waals surface area (Å²) < 4.78 is 0. The molecule has 0 spiro atoms. The number of hydrogen-bond acceptors (Lipinski definition) is 1. The summed E-state index contributed by atoms with van der Waals surface area (Å²) in [5.41, 5.74) is -0.269. The molecule has 0 saturated heterocycles. The standard InChI is InChI=1S/C16H33NO/c1-13(2,3)11-16(9,12(18)17-10)15(7,8)14(4,5)6/h11H2,1-10H3,(H,17,18). The summed E-state index contributed by atoms with van der Waals surface area (Å²) in [7, 11) is 1.74. The topological polar surface area (TPSA) is 29.1 Å². The summed E-state index contributed by atoms with van der Waals surface area (Å²) in [4.78, 5) is 12.5. The fourth-order valence-electron chi connectivity index (χ4n) is 2.75. The van der Waals surface area contributed by atoms with Crippen LogP contribution in [0.4, 0.5) is 0 Å². The Morgan fingerprint density at radius 3 is 1.50 bits per heavy atom. The Morgan fingerprint density at radius 1 is 0.889 bits per heavy atom. The van der Waals surface area contributed by atoms with E-state index in [1.54, 1.807) is 7.05 Å². The lowest BCUT2D eigenvalue weighted by atomic mass is 9.51. The summed E-state index contributed by atoms with van der Waals surface area (Å²) >= 11 is 0. The van der Waals surface area contributed by atoms with E-state index in [4.69, 9.17) is 0 Å². The van der Waals surface area contributed by atoms with Crippen LogP contribution in [0.2, 0.25) is 0 Å². The first-order valence-corrected chi connectivity index (χ1v) is 6.91. The minimum absolute atomic E-state index is 0.0690. The van der Waals surface area contributed by atoms with Crippen LogP contribution < -0.4 is 5.32 Å². The highest BCUT2D eigenvalue weighted by molar-refractivity contribution is 5.83. The highest BCUT2D eigenvalue weighted by Gasteiger charge is 2.53. The maximum Gasteiger partial charge on any atom is 0.226 e. The molecule has 2 heteroatoms. The predicted molar refractivity (Wildman–Crippen MR) is 79.5 cm³/mol. The molecule has 1 N–H and O–H groups in total. The third-order valence-electron chi connectivity index (χ3n) is 4.87. The van der Waals surface area contributed by atoms with Crippen LogP contribution in [0, 0.1) is 21.7 Å². The molecule has 0 bridgehead atoms. The molecule has 0 rings (SSSR count). The molecule has 108 valence electrons. The van der Waals surface area contributed by atoms with Gasteiger partial charge in [-0.1, -0.05) is 62.3 Å².